The zero-order chi connectivity index (χ0) is 16.9. The number of methoxy groups -OCH3 is 2. The predicted octanol–water partition coefficient (Wildman–Crippen LogP) is 2.29. The molecule has 2 bridgehead atoms. The van der Waals surface area contributed by atoms with Crippen molar-refractivity contribution < 1.29 is 14.3 Å². The molecule has 3 atom stereocenters. The molecule has 5 nitrogen and oxygen atoms in total. The highest BCUT2D eigenvalue weighted by Crippen LogP contribution is 2.45. The van der Waals surface area contributed by atoms with Gasteiger partial charge in [0.15, 0.2) is 0 Å². The number of amides is 1. The van der Waals surface area contributed by atoms with Crippen molar-refractivity contribution in [1.82, 2.24) is 9.80 Å². The van der Waals surface area contributed by atoms with Crippen LogP contribution < -0.4 is 0 Å². The molecule has 3 saturated heterocycles. The molecule has 24 heavy (non-hydrogen) atoms. The van der Waals surface area contributed by atoms with Crippen LogP contribution in [0.25, 0.3) is 0 Å². The van der Waals surface area contributed by atoms with Gasteiger partial charge in [-0.2, -0.15) is 0 Å². The van der Waals surface area contributed by atoms with Crippen molar-refractivity contribution in [1.29, 1.82) is 0 Å². The summed E-state index contributed by atoms with van der Waals surface area (Å²) in [6.45, 7) is 0.841. The molecule has 4 aliphatic rings. The Morgan fingerprint density at radius 3 is 2.17 bits per heavy atom. The monoisotopic (exact) mass is 332 g/mol. The van der Waals surface area contributed by atoms with Crippen LogP contribution in [0, 0.1) is 5.41 Å². The lowest BCUT2D eigenvalue weighted by Crippen LogP contribution is -2.50. The Morgan fingerprint density at radius 2 is 1.62 bits per heavy atom. The third kappa shape index (κ3) is 2.36. The van der Waals surface area contributed by atoms with Gasteiger partial charge in [-0.05, 0) is 51.3 Å². The van der Waals surface area contributed by atoms with Gasteiger partial charge in [-0.25, -0.2) is 0 Å². The van der Waals surface area contributed by atoms with Crippen LogP contribution in [-0.2, 0) is 14.3 Å². The van der Waals surface area contributed by atoms with Gasteiger partial charge in [-0.3, -0.25) is 4.79 Å². The lowest BCUT2D eigenvalue weighted by atomic mass is 9.81. The van der Waals surface area contributed by atoms with Gasteiger partial charge >= 0.3 is 0 Å². The summed E-state index contributed by atoms with van der Waals surface area (Å²) in [4.78, 5) is 18.0. The minimum atomic E-state index is -0.558. The van der Waals surface area contributed by atoms with Gasteiger partial charge in [0, 0.05) is 24.7 Å². The van der Waals surface area contributed by atoms with E-state index in [1.165, 1.54) is 12.8 Å². The molecule has 0 aromatic heterocycles. The maximum absolute atomic E-state index is 13.3. The molecule has 0 N–H and O–H groups in total. The number of fused-ring (bicyclic) bond motifs is 2. The zero-order valence-corrected chi connectivity index (χ0v) is 15.0. The summed E-state index contributed by atoms with van der Waals surface area (Å²) in [6, 6.07) is 1.70. The summed E-state index contributed by atoms with van der Waals surface area (Å²) in [5.41, 5.74) is -0.558. The van der Waals surface area contributed by atoms with Crippen LogP contribution >= 0.6 is 0 Å². The zero-order valence-electron chi connectivity index (χ0n) is 15.0. The standard InChI is InChI=1S/C19H28N2O3/c1-20-13-4-5-14(20)9-15(8-13)21-7-6-19(18(21)22)11-16(23-2)10-17(12-19)24-3/h11-15H,4-10H2,1-3H3/t13-,14+,15?. The maximum atomic E-state index is 13.3. The Hall–Kier alpha value is -1.49. The quantitative estimate of drug-likeness (QED) is 0.795. The van der Waals surface area contributed by atoms with Crippen LogP contribution in [0.4, 0.5) is 0 Å². The summed E-state index contributed by atoms with van der Waals surface area (Å²) in [5, 5.41) is 0. The molecule has 5 heteroatoms. The number of carbonyl (C=O) groups is 1. The number of hydrogen-bond acceptors (Lipinski definition) is 4. The Morgan fingerprint density at radius 1 is 1.04 bits per heavy atom. The van der Waals surface area contributed by atoms with Crippen LogP contribution in [0.2, 0.25) is 0 Å². The smallest absolute Gasteiger partial charge is 0.237 e. The maximum Gasteiger partial charge on any atom is 0.237 e. The number of likely N-dealkylation sites (tertiary alicyclic amines) is 1. The minimum Gasteiger partial charge on any atom is -0.501 e. The van der Waals surface area contributed by atoms with Crippen molar-refractivity contribution in [3.8, 4) is 0 Å². The molecule has 1 aliphatic carbocycles. The number of ether oxygens (including phenoxy) is 2. The van der Waals surface area contributed by atoms with Gasteiger partial charge in [-0.15, -0.1) is 0 Å². The fraction of sp³-hybridized carbons (Fsp3) is 0.737. The average Bonchev–Trinajstić information content (AvgIpc) is 2.98. The van der Waals surface area contributed by atoms with Gasteiger partial charge < -0.3 is 19.3 Å². The largest absolute Gasteiger partial charge is 0.501 e. The van der Waals surface area contributed by atoms with Crippen molar-refractivity contribution in [3.63, 3.8) is 0 Å². The lowest BCUT2D eigenvalue weighted by Gasteiger charge is -2.41. The molecule has 0 aromatic carbocycles. The Bertz CT molecular complexity index is 563. The summed E-state index contributed by atoms with van der Waals surface area (Å²) >= 11 is 0. The first kappa shape index (κ1) is 16.0. The van der Waals surface area contributed by atoms with E-state index in [-0.39, 0.29) is 5.91 Å². The van der Waals surface area contributed by atoms with Crippen LogP contribution in [0.5, 0.6) is 0 Å². The average molecular weight is 332 g/mol. The van der Waals surface area contributed by atoms with Gasteiger partial charge in [-0.1, -0.05) is 0 Å². The highest BCUT2D eigenvalue weighted by atomic mass is 16.5. The molecule has 3 fully saturated rings. The van der Waals surface area contributed by atoms with Crippen LogP contribution in [0.1, 0.15) is 38.5 Å². The van der Waals surface area contributed by atoms with E-state index in [4.69, 9.17) is 9.47 Å². The summed E-state index contributed by atoms with van der Waals surface area (Å²) in [7, 11) is 5.59. The van der Waals surface area contributed by atoms with E-state index in [9.17, 15) is 4.79 Å². The van der Waals surface area contributed by atoms with E-state index in [0.717, 1.165) is 37.3 Å². The molecule has 1 unspecified atom stereocenters. The van der Waals surface area contributed by atoms with Crippen LogP contribution in [0.15, 0.2) is 23.7 Å². The SMILES string of the molecule is COC1=CC2(C=C(OC)C1)CCN(C1C[C@H]3CC[C@@H](C1)N3C)C2=O. The Kier molecular flexibility index (Phi) is 3.87. The second-order valence-electron chi connectivity index (χ2n) is 7.77. The second kappa shape index (κ2) is 5.80. The van der Waals surface area contributed by atoms with Crippen LogP contribution in [-0.4, -0.2) is 61.6 Å². The first-order valence-electron chi connectivity index (χ1n) is 9.11. The van der Waals surface area contributed by atoms with Gasteiger partial charge in [0.25, 0.3) is 0 Å². The van der Waals surface area contributed by atoms with Gasteiger partial charge in [0.2, 0.25) is 5.91 Å². The minimum absolute atomic E-state index is 0.236. The van der Waals surface area contributed by atoms with E-state index in [0.29, 0.717) is 24.5 Å². The number of hydrogen-bond donors (Lipinski definition) is 0. The number of carbonyl (C=O) groups excluding carboxylic acids is 1. The first-order chi connectivity index (χ1) is 11.6. The van der Waals surface area contributed by atoms with Crippen molar-refractivity contribution in [2.24, 2.45) is 5.41 Å². The molecule has 0 saturated carbocycles. The normalized spacial score (nSPS) is 35.2. The molecule has 1 amide bonds. The van der Waals surface area contributed by atoms with Gasteiger partial charge in [0.05, 0.1) is 26.1 Å². The molecule has 1 spiro atoms. The van der Waals surface area contributed by atoms with E-state index < -0.39 is 5.41 Å². The number of rotatable bonds is 3. The molecule has 3 heterocycles. The molecular weight excluding hydrogens is 304 g/mol. The summed E-state index contributed by atoms with van der Waals surface area (Å²) < 4.78 is 10.9. The molecule has 132 valence electrons. The van der Waals surface area contributed by atoms with Crippen molar-refractivity contribution >= 4 is 5.91 Å². The van der Waals surface area contributed by atoms with Crippen molar-refractivity contribution in [2.45, 2.75) is 56.7 Å². The second-order valence-corrected chi connectivity index (χ2v) is 7.77. The fourth-order valence-corrected chi connectivity index (χ4v) is 5.19. The molecular formula is C19H28N2O3. The first-order valence-corrected chi connectivity index (χ1v) is 9.11. The highest BCUT2D eigenvalue weighted by molar-refractivity contribution is 5.89. The molecule has 3 aliphatic heterocycles. The van der Waals surface area contributed by atoms with E-state index >= 15 is 0 Å². The molecule has 0 aromatic rings. The van der Waals surface area contributed by atoms with Gasteiger partial charge in [0.1, 0.15) is 11.5 Å². The van der Waals surface area contributed by atoms with E-state index in [1.54, 1.807) is 14.2 Å². The van der Waals surface area contributed by atoms with Crippen molar-refractivity contribution in [2.75, 3.05) is 27.8 Å². The fourth-order valence-electron chi connectivity index (χ4n) is 5.19. The Labute approximate surface area is 144 Å². The predicted molar refractivity (Wildman–Crippen MR) is 91.2 cm³/mol. The topological polar surface area (TPSA) is 42.0 Å². The highest BCUT2D eigenvalue weighted by Gasteiger charge is 2.50. The van der Waals surface area contributed by atoms with E-state index in [1.807, 2.05) is 12.2 Å². The third-order valence-corrected chi connectivity index (χ3v) is 6.65. The third-order valence-electron chi connectivity index (χ3n) is 6.65. The van der Waals surface area contributed by atoms with Crippen molar-refractivity contribution in [3.05, 3.63) is 23.7 Å². The summed E-state index contributed by atoms with van der Waals surface area (Å²) in [6.07, 6.45) is 10.3. The molecule has 4 rings (SSSR count). The van der Waals surface area contributed by atoms with Crippen LogP contribution in [0.3, 0.4) is 0 Å². The number of nitrogens with zero attached hydrogens (tertiary/aromatic N) is 2. The number of piperidine rings is 1. The Balaban J connectivity index is 1.57. The lowest BCUT2D eigenvalue weighted by molar-refractivity contribution is -0.135. The molecule has 0 radical (unpaired) electrons. The summed E-state index contributed by atoms with van der Waals surface area (Å²) in [5.74, 6) is 1.92. The van der Waals surface area contributed by atoms with E-state index in [2.05, 4.69) is 16.8 Å².